The van der Waals surface area contributed by atoms with E-state index < -0.39 is 5.25 Å². The van der Waals surface area contributed by atoms with Crippen molar-refractivity contribution in [1.82, 2.24) is 5.32 Å². The number of amidine groups is 1. The van der Waals surface area contributed by atoms with Gasteiger partial charge in [0.05, 0.1) is 5.71 Å². The number of amides is 3. The quantitative estimate of drug-likeness (QED) is 0.364. The predicted octanol–water partition coefficient (Wildman–Crippen LogP) is 4.38. The second kappa shape index (κ2) is 11.2. The van der Waals surface area contributed by atoms with Gasteiger partial charge in [-0.25, -0.2) is 0 Å². The first-order chi connectivity index (χ1) is 15.7. The molecule has 1 aliphatic heterocycles. The maximum Gasteiger partial charge on any atom is 0.240 e. The number of rotatable bonds is 7. The van der Waals surface area contributed by atoms with E-state index in [9.17, 15) is 14.4 Å². The van der Waals surface area contributed by atoms with E-state index in [4.69, 9.17) is 0 Å². The Balaban J connectivity index is 1.60. The van der Waals surface area contributed by atoms with Crippen molar-refractivity contribution in [2.45, 2.75) is 32.4 Å². The molecule has 8 nitrogen and oxygen atoms in total. The molecule has 33 heavy (non-hydrogen) atoms. The maximum absolute atomic E-state index is 12.3. The summed E-state index contributed by atoms with van der Waals surface area (Å²) >= 11 is 4.51. The van der Waals surface area contributed by atoms with Gasteiger partial charge in [0.1, 0.15) is 5.25 Å². The van der Waals surface area contributed by atoms with Crippen molar-refractivity contribution < 1.29 is 14.4 Å². The Morgan fingerprint density at radius 1 is 1.12 bits per heavy atom. The van der Waals surface area contributed by atoms with Crippen molar-refractivity contribution in [1.29, 1.82) is 0 Å². The molecule has 3 N–H and O–H groups in total. The lowest BCUT2D eigenvalue weighted by molar-refractivity contribution is -0.122. The van der Waals surface area contributed by atoms with E-state index in [2.05, 4.69) is 42.1 Å². The van der Waals surface area contributed by atoms with Crippen LogP contribution in [-0.2, 0) is 14.4 Å². The van der Waals surface area contributed by atoms with E-state index in [-0.39, 0.29) is 30.1 Å². The molecule has 1 saturated heterocycles. The van der Waals surface area contributed by atoms with E-state index in [1.165, 1.54) is 11.8 Å². The molecule has 1 atom stereocenters. The molecule has 3 rings (SSSR count). The molecule has 1 aliphatic rings. The van der Waals surface area contributed by atoms with Crippen LogP contribution >= 0.6 is 27.7 Å². The zero-order valence-corrected chi connectivity index (χ0v) is 20.8. The van der Waals surface area contributed by atoms with Crippen LogP contribution in [0.5, 0.6) is 0 Å². The van der Waals surface area contributed by atoms with Gasteiger partial charge in [-0.15, -0.1) is 5.10 Å². The standard InChI is InChI=1S/C23H24BrN5O3S/c1-13(2)21(31)26-18-6-4-5-15(11-18)14(3)28-29-23-27-22(32)19(33-23)12-20(30)25-17-9-7-16(24)8-10-17/h4-11,13,19H,12H2,1-3H3,(H,25,30)(H,26,31)(H,27,29,32)/t19-/m1/s1. The van der Waals surface area contributed by atoms with Gasteiger partial charge in [0, 0.05) is 28.2 Å². The van der Waals surface area contributed by atoms with Crippen LogP contribution in [-0.4, -0.2) is 33.9 Å². The number of nitrogens with one attached hydrogen (secondary N) is 3. The molecular formula is C23H24BrN5O3S. The highest BCUT2D eigenvalue weighted by atomic mass is 79.9. The van der Waals surface area contributed by atoms with Gasteiger partial charge in [0.25, 0.3) is 0 Å². The van der Waals surface area contributed by atoms with Crippen LogP contribution in [0.4, 0.5) is 11.4 Å². The second-order valence-corrected chi connectivity index (χ2v) is 9.78. The number of nitrogens with zero attached hydrogens (tertiary/aromatic N) is 2. The van der Waals surface area contributed by atoms with Crippen LogP contribution in [0.2, 0.25) is 0 Å². The summed E-state index contributed by atoms with van der Waals surface area (Å²) in [5.74, 6) is -0.730. The smallest absolute Gasteiger partial charge is 0.240 e. The molecule has 0 aromatic heterocycles. The molecule has 2 aromatic rings. The highest BCUT2D eigenvalue weighted by Crippen LogP contribution is 2.24. The third kappa shape index (κ3) is 7.26. The van der Waals surface area contributed by atoms with Crippen LogP contribution in [0.25, 0.3) is 0 Å². The van der Waals surface area contributed by atoms with Gasteiger partial charge in [-0.1, -0.05) is 53.7 Å². The molecule has 0 radical (unpaired) electrons. The van der Waals surface area contributed by atoms with Gasteiger partial charge in [0.15, 0.2) is 5.17 Å². The Hall–Kier alpha value is -2.98. The summed E-state index contributed by atoms with van der Waals surface area (Å²) in [5, 5.41) is 16.4. The summed E-state index contributed by atoms with van der Waals surface area (Å²) < 4.78 is 0.912. The minimum atomic E-state index is -0.579. The first-order valence-corrected chi connectivity index (χ1v) is 11.9. The zero-order valence-electron chi connectivity index (χ0n) is 18.4. The van der Waals surface area contributed by atoms with Crippen LogP contribution in [0.1, 0.15) is 32.8 Å². The molecule has 1 fully saturated rings. The first-order valence-electron chi connectivity index (χ1n) is 10.3. The number of halogens is 1. The summed E-state index contributed by atoms with van der Waals surface area (Å²) in [4.78, 5) is 36.5. The fourth-order valence-corrected chi connectivity index (χ4v) is 3.97. The number of carbonyl (C=O) groups excluding carboxylic acids is 3. The van der Waals surface area contributed by atoms with Gasteiger partial charge >= 0.3 is 0 Å². The van der Waals surface area contributed by atoms with E-state index in [0.717, 1.165) is 10.0 Å². The fraction of sp³-hybridized carbons (Fsp3) is 0.261. The third-order valence-electron chi connectivity index (χ3n) is 4.64. The zero-order chi connectivity index (χ0) is 24.0. The number of anilines is 2. The molecular weight excluding hydrogens is 506 g/mol. The average molecular weight is 530 g/mol. The van der Waals surface area contributed by atoms with Crippen molar-refractivity contribution in [3.63, 3.8) is 0 Å². The van der Waals surface area contributed by atoms with Gasteiger partial charge in [-0.05, 0) is 48.9 Å². The Morgan fingerprint density at radius 2 is 1.85 bits per heavy atom. The molecule has 0 unspecified atom stereocenters. The van der Waals surface area contributed by atoms with Crippen molar-refractivity contribution >= 4 is 67.7 Å². The van der Waals surface area contributed by atoms with E-state index in [0.29, 0.717) is 22.3 Å². The summed E-state index contributed by atoms with van der Waals surface area (Å²) in [6.07, 6.45) is 0.0197. The van der Waals surface area contributed by atoms with Crippen molar-refractivity contribution in [2.75, 3.05) is 10.6 Å². The summed E-state index contributed by atoms with van der Waals surface area (Å²) in [5.41, 5.74) is 2.75. The van der Waals surface area contributed by atoms with Crippen molar-refractivity contribution in [3.05, 3.63) is 58.6 Å². The number of thioether (sulfide) groups is 1. The van der Waals surface area contributed by atoms with Crippen molar-refractivity contribution in [2.24, 2.45) is 16.1 Å². The second-order valence-electron chi connectivity index (χ2n) is 7.67. The van der Waals surface area contributed by atoms with E-state index in [1.54, 1.807) is 25.1 Å². The van der Waals surface area contributed by atoms with Gasteiger partial charge in [-0.2, -0.15) is 5.10 Å². The lowest BCUT2D eigenvalue weighted by atomic mass is 10.1. The molecule has 172 valence electrons. The summed E-state index contributed by atoms with van der Waals surface area (Å²) in [6.45, 7) is 5.44. The molecule has 0 bridgehead atoms. The highest BCUT2D eigenvalue weighted by Gasteiger charge is 2.32. The van der Waals surface area contributed by atoms with Crippen LogP contribution < -0.4 is 16.0 Å². The van der Waals surface area contributed by atoms with Gasteiger partial charge < -0.3 is 16.0 Å². The van der Waals surface area contributed by atoms with Crippen LogP contribution in [0, 0.1) is 5.92 Å². The maximum atomic E-state index is 12.3. The molecule has 3 amide bonds. The SMILES string of the molecule is CC(=NN=C1NC(=O)[C@@H](CC(=O)Nc2ccc(Br)cc2)S1)c1cccc(NC(=O)C(C)C)c1. The Bertz CT molecular complexity index is 1120. The third-order valence-corrected chi connectivity index (χ3v) is 6.24. The summed E-state index contributed by atoms with van der Waals surface area (Å²) in [6, 6.07) is 14.5. The monoisotopic (exact) mass is 529 g/mol. The Kier molecular flexibility index (Phi) is 8.40. The molecule has 10 heteroatoms. The number of hydrogen-bond acceptors (Lipinski definition) is 6. The Labute approximate surface area is 204 Å². The first kappa shape index (κ1) is 24.7. The van der Waals surface area contributed by atoms with Crippen molar-refractivity contribution in [3.8, 4) is 0 Å². The molecule has 0 spiro atoms. The predicted molar refractivity (Wildman–Crippen MR) is 136 cm³/mol. The highest BCUT2D eigenvalue weighted by molar-refractivity contribution is 9.10. The fourth-order valence-electron chi connectivity index (χ4n) is 2.79. The van der Waals surface area contributed by atoms with Crippen LogP contribution in [0.3, 0.4) is 0 Å². The van der Waals surface area contributed by atoms with E-state index >= 15 is 0 Å². The average Bonchev–Trinajstić information content (AvgIpc) is 3.12. The molecule has 0 aliphatic carbocycles. The number of benzene rings is 2. The number of carbonyl (C=O) groups is 3. The lowest BCUT2D eigenvalue weighted by Gasteiger charge is -2.09. The summed E-state index contributed by atoms with van der Waals surface area (Å²) in [7, 11) is 0. The van der Waals surface area contributed by atoms with E-state index in [1.807, 2.05) is 44.2 Å². The topological polar surface area (TPSA) is 112 Å². The van der Waals surface area contributed by atoms with Crippen LogP contribution in [0.15, 0.2) is 63.2 Å². The largest absolute Gasteiger partial charge is 0.326 e. The molecule has 2 aromatic carbocycles. The Morgan fingerprint density at radius 3 is 2.55 bits per heavy atom. The molecule has 1 heterocycles. The minimum Gasteiger partial charge on any atom is -0.326 e. The lowest BCUT2D eigenvalue weighted by Crippen LogP contribution is -2.28. The molecule has 0 saturated carbocycles. The number of hydrogen-bond donors (Lipinski definition) is 3. The van der Waals surface area contributed by atoms with Gasteiger partial charge in [-0.3, -0.25) is 14.4 Å². The minimum absolute atomic E-state index is 0.0197. The normalized spacial score (nSPS) is 17.2. The van der Waals surface area contributed by atoms with Gasteiger partial charge in [0.2, 0.25) is 17.7 Å².